The Morgan fingerprint density at radius 3 is 2.55 bits per heavy atom. The summed E-state index contributed by atoms with van der Waals surface area (Å²) in [4.78, 5) is 4.44. The van der Waals surface area contributed by atoms with E-state index in [2.05, 4.69) is 19.7 Å². The monoisotopic (exact) mass is 459 g/mol. The first-order valence-electron chi connectivity index (χ1n) is 10.2. The van der Waals surface area contributed by atoms with Gasteiger partial charge in [-0.15, -0.1) is 10.2 Å². The molecule has 0 radical (unpaired) electrons. The van der Waals surface area contributed by atoms with E-state index in [-0.39, 0.29) is 11.8 Å². The molecule has 2 heterocycles. The van der Waals surface area contributed by atoms with Gasteiger partial charge in [0, 0.05) is 11.6 Å². The van der Waals surface area contributed by atoms with E-state index in [4.69, 9.17) is 11.6 Å². The summed E-state index contributed by atoms with van der Waals surface area (Å²) in [6.45, 7) is -2.66. The SMILES string of the molecule is FC(F)n1c(CSc2nnc(-c3ccccc3Cl)n2C2CCCC2)nc2ccccc21. The Bertz CT molecular complexity index is 1220. The minimum absolute atomic E-state index is 0.270. The average Bonchev–Trinajstić information content (AvgIpc) is 3.49. The average molecular weight is 460 g/mol. The summed E-state index contributed by atoms with van der Waals surface area (Å²) in [6, 6.07) is 14.8. The molecule has 0 bridgehead atoms. The van der Waals surface area contributed by atoms with Crippen LogP contribution < -0.4 is 0 Å². The van der Waals surface area contributed by atoms with Crippen LogP contribution in [0.15, 0.2) is 53.7 Å². The van der Waals surface area contributed by atoms with Crippen LogP contribution in [-0.2, 0) is 5.75 Å². The maximum Gasteiger partial charge on any atom is 0.320 e. The van der Waals surface area contributed by atoms with Crippen LogP contribution in [0.1, 0.15) is 44.1 Å². The van der Waals surface area contributed by atoms with Gasteiger partial charge in [0.1, 0.15) is 5.82 Å². The van der Waals surface area contributed by atoms with Gasteiger partial charge < -0.3 is 0 Å². The van der Waals surface area contributed by atoms with Crippen LogP contribution in [0.3, 0.4) is 0 Å². The van der Waals surface area contributed by atoms with Crippen molar-refractivity contribution in [2.45, 2.75) is 49.2 Å². The number of thioether (sulfide) groups is 1. The van der Waals surface area contributed by atoms with E-state index >= 15 is 0 Å². The molecule has 1 aliphatic carbocycles. The van der Waals surface area contributed by atoms with Crippen molar-refractivity contribution in [3.8, 4) is 11.4 Å². The van der Waals surface area contributed by atoms with Crippen molar-refractivity contribution in [2.24, 2.45) is 0 Å². The van der Waals surface area contributed by atoms with Gasteiger partial charge in [0.15, 0.2) is 11.0 Å². The summed E-state index contributed by atoms with van der Waals surface area (Å²) in [5, 5.41) is 10.2. The largest absolute Gasteiger partial charge is 0.320 e. The zero-order valence-electron chi connectivity index (χ0n) is 16.6. The van der Waals surface area contributed by atoms with E-state index in [9.17, 15) is 8.78 Å². The molecule has 0 N–H and O–H groups in total. The number of benzene rings is 2. The van der Waals surface area contributed by atoms with E-state index in [0.717, 1.165) is 41.6 Å². The Balaban J connectivity index is 1.51. The van der Waals surface area contributed by atoms with Crippen LogP contribution in [0, 0.1) is 0 Å². The predicted octanol–water partition coefficient (Wildman–Crippen LogP) is 6.75. The first-order valence-corrected chi connectivity index (χ1v) is 11.6. The van der Waals surface area contributed by atoms with Crippen LogP contribution >= 0.6 is 23.4 Å². The molecule has 1 aliphatic rings. The third-order valence-electron chi connectivity index (χ3n) is 5.66. The third-order valence-corrected chi connectivity index (χ3v) is 6.93. The molecule has 31 heavy (non-hydrogen) atoms. The lowest BCUT2D eigenvalue weighted by Crippen LogP contribution is -2.09. The summed E-state index contributed by atoms with van der Waals surface area (Å²) in [7, 11) is 0. The predicted molar refractivity (Wildman–Crippen MR) is 119 cm³/mol. The molecule has 0 atom stereocenters. The van der Waals surface area contributed by atoms with Crippen molar-refractivity contribution in [3.63, 3.8) is 0 Å². The highest BCUT2D eigenvalue weighted by Crippen LogP contribution is 2.39. The van der Waals surface area contributed by atoms with Gasteiger partial charge in [-0.25, -0.2) is 4.98 Å². The van der Waals surface area contributed by atoms with Crippen molar-refractivity contribution in [2.75, 3.05) is 0 Å². The molecule has 0 aliphatic heterocycles. The van der Waals surface area contributed by atoms with Gasteiger partial charge in [0.05, 0.1) is 21.8 Å². The Morgan fingerprint density at radius 1 is 1.03 bits per heavy atom. The summed E-state index contributed by atoms with van der Waals surface area (Å²) in [5.41, 5.74) is 1.82. The minimum atomic E-state index is -2.66. The maximum atomic E-state index is 13.8. The first kappa shape index (κ1) is 20.5. The first-order chi connectivity index (χ1) is 15.1. The second kappa shape index (κ2) is 8.59. The molecule has 5 rings (SSSR count). The highest BCUT2D eigenvalue weighted by atomic mass is 35.5. The van der Waals surface area contributed by atoms with Gasteiger partial charge in [0.2, 0.25) is 0 Å². The molecule has 1 saturated carbocycles. The normalized spacial score (nSPS) is 14.8. The van der Waals surface area contributed by atoms with Gasteiger partial charge in [-0.05, 0) is 37.1 Å². The topological polar surface area (TPSA) is 48.5 Å². The Hall–Kier alpha value is -2.45. The van der Waals surface area contributed by atoms with Crippen molar-refractivity contribution in [1.29, 1.82) is 0 Å². The van der Waals surface area contributed by atoms with E-state index in [1.165, 1.54) is 11.8 Å². The number of aromatic nitrogens is 5. The molecule has 0 spiro atoms. The number of nitrogens with zero attached hydrogens (tertiary/aromatic N) is 5. The van der Waals surface area contributed by atoms with Gasteiger partial charge >= 0.3 is 6.55 Å². The fourth-order valence-electron chi connectivity index (χ4n) is 4.24. The zero-order valence-corrected chi connectivity index (χ0v) is 18.2. The Labute approximate surface area is 187 Å². The number of halogens is 3. The minimum Gasteiger partial charge on any atom is -0.299 e. The van der Waals surface area contributed by atoms with Gasteiger partial charge in [-0.2, -0.15) is 8.78 Å². The van der Waals surface area contributed by atoms with Crippen molar-refractivity contribution < 1.29 is 8.78 Å². The highest BCUT2D eigenvalue weighted by molar-refractivity contribution is 7.98. The van der Waals surface area contributed by atoms with E-state index in [0.29, 0.717) is 27.0 Å². The lowest BCUT2D eigenvalue weighted by Gasteiger charge is -2.17. The maximum absolute atomic E-state index is 13.8. The van der Waals surface area contributed by atoms with E-state index in [1.54, 1.807) is 24.3 Å². The van der Waals surface area contributed by atoms with E-state index in [1.807, 2.05) is 24.3 Å². The second-order valence-electron chi connectivity index (χ2n) is 7.55. The molecule has 9 heteroatoms. The number of hydrogen-bond donors (Lipinski definition) is 0. The molecule has 2 aromatic carbocycles. The molecular formula is C22H20ClF2N5S. The fraction of sp³-hybridized carbons (Fsp3) is 0.318. The Morgan fingerprint density at radius 2 is 1.77 bits per heavy atom. The Kier molecular flexibility index (Phi) is 5.67. The fourth-order valence-corrected chi connectivity index (χ4v) is 5.39. The van der Waals surface area contributed by atoms with Crippen LogP contribution in [0.2, 0.25) is 5.02 Å². The van der Waals surface area contributed by atoms with Crippen LogP contribution in [0.4, 0.5) is 8.78 Å². The van der Waals surface area contributed by atoms with Crippen molar-refractivity contribution >= 4 is 34.4 Å². The molecule has 2 aromatic heterocycles. The lowest BCUT2D eigenvalue weighted by atomic mass is 10.2. The number of rotatable bonds is 6. The zero-order chi connectivity index (χ0) is 21.4. The molecule has 4 aromatic rings. The lowest BCUT2D eigenvalue weighted by molar-refractivity contribution is 0.0722. The molecule has 160 valence electrons. The molecule has 0 unspecified atom stereocenters. The summed E-state index contributed by atoms with van der Waals surface area (Å²) >= 11 is 7.82. The van der Waals surface area contributed by atoms with Crippen LogP contribution in [-0.4, -0.2) is 24.3 Å². The van der Waals surface area contributed by atoms with Gasteiger partial charge in [0.25, 0.3) is 0 Å². The standard InChI is InChI=1S/C22H20ClF2N5S/c23-16-10-4-3-9-15(16)20-27-28-22(29(20)14-7-1-2-8-14)31-13-19-26-17-11-5-6-12-18(17)30(19)21(24)25/h3-6,9-12,14,21H,1-2,7-8,13H2. The summed E-state index contributed by atoms with van der Waals surface area (Å²) in [5.74, 6) is 1.32. The molecule has 5 nitrogen and oxygen atoms in total. The molecule has 0 saturated heterocycles. The van der Waals surface area contributed by atoms with E-state index < -0.39 is 6.55 Å². The third kappa shape index (κ3) is 3.83. The molecule has 0 amide bonds. The van der Waals surface area contributed by atoms with Crippen LogP contribution in [0.5, 0.6) is 0 Å². The molecular weight excluding hydrogens is 440 g/mol. The summed E-state index contributed by atoms with van der Waals surface area (Å²) < 4.78 is 30.7. The van der Waals surface area contributed by atoms with Gasteiger partial charge in [-0.1, -0.05) is 60.5 Å². The number of hydrogen-bond acceptors (Lipinski definition) is 4. The number of alkyl halides is 2. The van der Waals surface area contributed by atoms with Crippen molar-refractivity contribution in [3.05, 3.63) is 59.4 Å². The highest BCUT2D eigenvalue weighted by Gasteiger charge is 2.26. The second-order valence-corrected chi connectivity index (χ2v) is 8.90. The number of para-hydroxylation sites is 2. The quantitative estimate of drug-likeness (QED) is 0.299. The van der Waals surface area contributed by atoms with Gasteiger partial charge in [-0.3, -0.25) is 9.13 Å². The number of fused-ring (bicyclic) bond motifs is 1. The van der Waals surface area contributed by atoms with Crippen LogP contribution in [0.25, 0.3) is 22.4 Å². The van der Waals surface area contributed by atoms with Crippen molar-refractivity contribution in [1.82, 2.24) is 24.3 Å². The molecule has 1 fully saturated rings. The smallest absolute Gasteiger partial charge is 0.299 e. The summed E-state index contributed by atoms with van der Waals surface area (Å²) in [6.07, 6.45) is 4.38. The number of imidazole rings is 1.